The Bertz CT molecular complexity index is 1420. The van der Waals surface area contributed by atoms with Crippen molar-refractivity contribution in [1.82, 2.24) is 4.98 Å². The number of aliphatic hydroxyl groups is 1. The molecule has 178 valence electrons. The number of carbonyl (C=O) groups is 3. The third-order valence-corrected chi connectivity index (χ3v) is 7.01. The first-order valence-corrected chi connectivity index (χ1v) is 11.6. The number of phenolic OH excluding ortho intramolecular Hbond substituents is 1. The maximum absolute atomic E-state index is 13.3. The molecule has 0 saturated carbocycles. The van der Waals surface area contributed by atoms with Crippen LogP contribution in [0, 0.1) is 6.92 Å². The number of Topliss-reactive ketones (excluding diaryl/α,β-unsaturated/α-hetero) is 2. The molecular formula is C25H20N2O7S. The van der Waals surface area contributed by atoms with E-state index in [0.717, 1.165) is 16.2 Å². The first-order valence-electron chi connectivity index (χ1n) is 10.7. The molecule has 1 unspecified atom stereocenters. The van der Waals surface area contributed by atoms with Crippen LogP contribution in [-0.4, -0.2) is 45.9 Å². The van der Waals surface area contributed by atoms with Gasteiger partial charge in [0, 0.05) is 12.5 Å². The van der Waals surface area contributed by atoms with E-state index in [1.54, 1.807) is 31.2 Å². The first-order chi connectivity index (χ1) is 16.8. The van der Waals surface area contributed by atoms with E-state index in [4.69, 9.17) is 9.47 Å². The Hall–Kier alpha value is -4.18. The van der Waals surface area contributed by atoms with Crippen molar-refractivity contribution < 1.29 is 34.1 Å². The molecule has 3 heterocycles. The number of ketones is 2. The maximum atomic E-state index is 13.3. The fraction of sp³-hybridized carbons (Fsp3) is 0.200. The van der Waals surface area contributed by atoms with Gasteiger partial charge in [-0.05, 0) is 42.8 Å². The molecule has 1 aromatic heterocycles. The molecule has 0 bridgehead atoms. The van der Waals surface area contributed by atoms with Crippen LogP contribution < -0.4 is 14.4 Å². The summed E-state index contributed by atoms with van der Waals surface area (Å²) in [7, 11) is 0. The van der Waals surface area contributed by atoms with Gasteiger partial charge in [0.25, 0.3) is 5.78 Å². The molecule has 2 aromatic carbocycles. The van der Waals surface area contributed by atoms with Crippen LogP contribution in [0.1, 0.15) is 39.5 Å². The number of fused-ring (bicyclic) bond motifs is 1. The molecule has 1 atom stereocenters. The second kappa shape index (κ2) is 8.55. The number of nitrogens with zero attached hydrogens (tertiary/aromatic N) is 2. The van der Waals surface area contributed by atoms with Gasteiger partial charge in [-0.15, -0.1) is 0 Å². The van der Waals surface area contributed by atoms with Gasteiger partial charge >= 0.3 is 5.91 Å². The molecule has 1 amide bonds. The van der Waals surface area contributed by atoms with Gasteiger partial charge in [0.15, 0.2) is 22.4 Å². The Morgan fingerprint density at radius 1 is 1.11 bits per heavy atom. The average Bonchev–Trinajstić information content (AvgIpc) is 3.35. The number of aliphatic hydroxyl groups excluding tert-OH is 1. The van der Waals surface area contributed by atoms with Gasteiger partial charge in [-0.25, -0.2) is 4.98 Å². The van der Waals surface area contributed by atoms with Crippen molar-refractivity contribution in [2.75, 3.05) is 18.1 Å². The zero-order chi connectivity index (χ0) is 24.9. The standard InChI is InChI=1S/C25H20N2O7S/c1-12-23(13(2)28)35-25(26-12)27-20(14-4-3-5-16(29)10-14)19(22(31)24(27)32)21(30)15-6-7-17-18(11-15)34-9-8-33-17/h3-7,10-11,20,29-30H,8-9H2,1-2H3. The van der Waals surface area contributed by atoms with E-state index in [-0.39, 0.29) is 27.8 Å². The number of anilines is 1. The van der Waals surface area contributed by atoms with Crippen LogP contribution in [0.25, 0.3) is 5.76 Å². The summed E-state index contributed by atoms with van der Waals surface area (Å²) in [5.41, 5.74) is 0.910. The summed E-state index contributed by atoms with van der Waals surface area (Å²) < 4.78 is 11.1. The Morgan fingerprint density at radius 2 is 1.86 bits per heavy atom. The van der Waals surface area contributed by atoms with Crippen LogP contribution in [0.4, 0.5) is 5.13 Å². The first kappa shape index (κ1) is 22.6. The molecule has 5 rings (SSSR count). The lowest BCUT2D eigenvalue weighted by molar-refractivity contribution is -0.132. The van der Waals surface area contributed by atoms with Gasteiger partial charge in [0.1, 0.15) is 24.7 Å². The van der Waals surface area contributed by atoms with Crippen molar-refractivity contribution in [2.24, 2.45) is 0 Å². The van der Waals surface area contributed by atoms with Gasteiger partial charge < -0.3 is 19.7 Å². The number of aromatic hydroxyl groups is 1. The van der Waals surface area contributed by atoms with Crippen molar-refractivity contribution in [3.05, 3.63) is 69.7 Å². The van der Waals surface area contributed by atoms with Crippen LogP contribution in [0.3, 0.4) is 0 Å². The number of thiazole rings is 1. The number of rotatable bonds is 4. The molecule has 0 radical (unpaired) electrons. The highest BCUT2D eigenvalue weighted by atomic mass is 32.1. The average molecular weight is 493 g/mol. The fourth-order valence-electron chi connectivity index (χ4n) is 4.20. The van der Waals surface area contributed by atoms with Crippen LogP contribution in [0.2, 0.25) is 0 Å². The van der Waals surface area contributed by atoms with E-state index in [1.807, 2.05) is 0 Å². The number of benzene rings is 2. The monoisotopic (exact) mass is 492 g/mol. The minimum Gasteiger partial charge on any atom is -0.508 e. The van der Waals surface area contributed by atoms with E-state index < -0.39 is 23.5 Å². The largest absolute Gasteiger partial charge is 0.508 e. The highest BCUT2D eigenvalue weighted by Gasteiger charge is 2.48. The number of hydrogen-bond acceptors (Lipinski definition) is 9. The molecular weight excluding hydrogens is 472 g/mol. The third-order valence-electron chi connectivity index (χ3n) is 5.76. The Morgan fingerprint density at radius 3 is 2.54 bits per heavy atom. The molecule has 1 saturated heterocycles. The quantitative estimate of drug-likeness (QED) is 0.244. The molecule has 10 heteroatoms. The summed E-state index contributed by atoms with van der Waals surface area (Å²) in [6.45, 7) is 3.78. The number of ether oxygens (including phenoxy) is 2. The van der Waals surface area contributed by atoms with Gasteiger partial charge in [0.2, 0.25) is 0 Å². The number of aromatic nitrogens is 1. The molecule has 1 fully saturated rings. The number of hydrogen-bond donors (Lipinski definition) is 2. The summed E-state index contributed by atoms with van der Waals surface area (Å²) in [6, 6.07) is 9.71. The van der Waals surface area contributed by atoms with E-state index >= 15 is 0 Å². The highest BCUT2D eigenvalue weighted by molar-refractivity contribution is 7.18. The third kappa shape index (κ3) is 3.81. The van der Waals surface area contributed by atoms with Crippen molar-refractivity contribution in [2.45, 2.75) is 19.9 Å². The Labute approximate surface area is 203 Å². The van der Waals surface area contributed by atoms with Crippen molar-refractivity contribution >= 4 is 39.7 Å². The van der Waals surface area contributed by atoms with Gasteiger partial charge in [-0.1, -0.05) is 23.5 Å². The lowest BCUT2D eigenvalue weighted by Crippen LogP contribution is -2.29. The van der Waals surface area contributed by atoms with E-state index in [0.29, 0.717) is 40.8 Å². The minimum absolute atomic E-state index is 0.0767. The van der Waals surface area contributed by atoms with Gasteiger partial charge in [0.05, 0.1) is 22.2 Å². The number of phenols is 1. The van der Waals surface area contributed by atoms with Crippen molar-refractivity contribution in [3.8, 4) is 17.2 Å². The van der Waals surface area contributed by atoms with Crippen molar-refractivity contribution in [1.29, 1.82) is 0 Å². The predicted octanol–water partition coefficient (Wildman–Crippen LogP) is 3.76. The SMILES string of the molecule is CC(=O)c1sc(N2C(=O)C(=O)C(=C(O)c3ccc4c(c3)OCCO4)C2c2cccc(O)c2)nc1C. The maximum Gasteiger partial charge on any atom is 0.301 e. The van der Waals surface area contributed by atoms with Gasteiger partial charge in [-0.3, -0.25) is 19.3 Å². The smallest absolute Gasteiger partial charge is 0.301 e. The molecule has 2 aliphatic rings. The van der Waals surface area contributed by atoms with E-state index in [9.17, 15) is 24.6 Å². The summed E-state index contributed by atoms with van der Waals surface area (Å²) in [6.07, 6.45) is 0. The Kier molecular flexibility index (Phi) is 5.52. The van der Waals surface area contributed by atoms with E-state index in [1.165, 1.54) is 25.1 Å². The topological polar surface area (TPSA) is 126 Å². The molecule has 3 aromatic rings. The normalized spacial score (nSPS) is 18.7. The summed E-state index contributed by atoms with van der Waals surface area (Å²) >= 11 is 0.990. The lowest BCUT2D eigenvalue weighted by Gasteiger charge is -2.23. The van der Waals surface area contributed by atoms with Crippen LogP contribution in [0.5, 0.6) is 17.2 Å². The second-order valence-electron chi connectivity index (χ2n) is 8.09. The molecule has 2 N–H and O–H groups in total. The lowest BCUT2D eigenvalue weighted by atomic mass is 9.95. The van der Waals surface area contributed by atoms with Crippen LogP contribution >= 0.6 is 11.3 Å². The molecule has 0 aliphatic carbocycles. The van der Waals surface area contributed by atoms with Crippen molar-refractivity contribution in [3.63, 3.8) is 0 Å². The summed E-state index contributed by atoms with van der Waals surface area (Å²) in [5, 5.41) is 21.5. The predicted molar refractivity (Wildman–Crippen MR) is 127 cm³/mol. The summed E-state index contributed by atoms with van der Waals surface area (Å²) in [5.74, 6) is -1.60. The highest BCUT2D eigenvalue weighted by Crippen LogP contribution is 2.45. The summed E-state index contributed by atoms with van der Waals surface area (Å²) in [4.78, 5) is 44.4. The van der Waals surface area contributed by atoms with E-state index in [2.05, 4.69) is 4.98 Å². The second-order valence-corrected chi connectivity index (χ2v) is 9.07. The molecule has 0 spiro atoms. The van der Waals surface area contributed by atoms with Crippen LogP contribution in [-0.2, 0) is 9.59 Å². The molecule has 9 nitrogen and oxygen atoms in total. The number of aryl methyl sites for hydroxylation is 1. The zero-order valence-electron chi connectivity index (χ0n) is 18.8. The molecule has 2 aliphatic heterocycles. The fourth-order valence-corrected chi connectivity index (χ4v) is 5.19. The minimum atomic E-state index is -1.08. The number of carbonyl (C=O) groups excluding carboxylic acids is 3. The number of amides is 1. The van der Waals surface area contributed by atoms with Crippen LogP contribution in [0.15, 0.2) is 48.0 Å². The zero-order valence-corrected chi connectivity index (χ0v) is 19.6. The van der Waals surface area contributed by atoms with Gasteiger partial charge in [-0.2, -0.15) is 0 Å². The molecule has 35 heavy (non-hydrogen) atoms. The Balaban J connectivity index is 1.70.